The molecule has 1 aliphatic heterocycles. The van der Waals surface area contributed by atoms with Gasteiger partial charge in [-0.1, -0.05) is 30.3 Å². The minimum Gasteiger partial charge on any atom is -0.389 e. The molecule has 2 N–H and O–H groups in total. The predicted molar refractivity (Wildman–Crippen MR) is 69.1 cm³/mol. The van der Waals surface area contributed by atoms with Crippen molar-refractivity contribution in [2.24, 2.45) is 0 Å². The van der Waals surface area contributed by atoms with Crippen molar-refractivity contribution in [3.63, 3.8) is 0 Å². The molecule has 0 radical (unpaired) electrons. The minimum absolute atomic E-state index is 0.105. The van der Waals surface area contributed by atoms with Gasteiger partial charge in [-0.2, -0.15) is 0 Å². The fourth-order valence-electron chi connectivity index (χ4n) is 1.89. The Morgan fingerprint density at radius 2 is 1.89 bits per heavy atom. The van der Waals surface area contributed by atoms with E-state index in [0.717, 1.165) is 0 Å². The molecule has 0 saturated carbocycles. The molecule has 2 rings (SSSR count). The average molecular weight is 251 g/mol. The third-order valence-electron chi connectivity index (χ3n) is 3.09. The van der Waals surface area contributed by atoms with Gasteiger partial charge in [0.1, 0.15) is 0 Å². The van der Waals surface area contributed by atoms with E-state index in [9.17, 15) is 5.11 Å². The number of ether oxygens (including phenoxy) is 2. The van der Waals surface area contributed by atoms with Crippen LogP contribution in [0, 0.1) is 0 Å². The molecule has 2 atom stereocenters. The van der Waals surface area contributed by atoms with E-state index in [0.29, 0.717) is 19.8 Å². The molecular weight excluding hydrogens is 230 g/mol. The highest BCUT2D eigenvalue weighted by Gasteiger charge is 2.30. The summed E-state index contributed by atoms with van der Waals surface area (Å²) >= 11 is 0. The first-order valence-corrected chi connectivity index (χ1v) is 6.30. The molecule has 1 aliphatic rings. The minimum atomic E-state index is -0.621. The highest BCUT2D eigenvalue weighted by molar-refractivity contribution is 5.14. The van der Waals surface area contributed by atoms with Gasteiger partial charge >= 0.3 is 0 Å². The van der Waals surface area contributed by atoms with Gasteiger partial charge in [0.15, 0.2) is 5.79 Å². The largest absolute Gasteiger partial charge is 0.389 e. The Kier molecular flexibility index (Phi) is 4.35. The van der Waals surface area contributed by atoms with Gasteiger partial charge < -0.3 is 19.9 Å². The lowest BCUT2D eigenvalue weighted by molar-refractivity contribution is -0.203. The lowest BCUT2D eigenvalue weighted by Crippen LogP contribution is -2.43. The number of hydrogen-bond acceptors (Lipinski definition) is 4. The topological polar surface area (TPSA) is 50.7 Å². The number of hydrogen-bond donors (Lipinski definition) is 2. The number of rotatable bonds is 3. The van der Waals surface area contributed by atoms with Crippen molar-refractivity contribution in [3.05, 3.63) is 35.9 Å². The van der Waals surface area contributed by atoms with E-state index in [-0.39, 0.29) is 6.04 Å². The van der Waals surface area contributed by atoms with Gasteiger partial charge in [0.2, 0.25) is 0 Å². The van der Waals surface area contributed by atoms with Crippen LogP contribution < -0.4 is 5.32 Å². The van der Waals surface area contributed by atoms with E-state index in [4.69, 9.17) is 9.47 Å². The molecule has 1 heterocycles. The molecule has 4 nitrogen and oxygen atoms in total. The molecule has 0 bridgehead atoms. The maximum Gasteiger partial charge on any atom is 0.162 e. The monoisotopic (exact) mass is 251 g/mol. The maximum atomic E-state index is 9.99. The van der Waals surface area contributed by atoms with E-state index in [1.54, 1.807) is 0 Å². The first kappa shape index (κ1) is 13.5. The molecule has 1 aromatic rings. The molecule has 0 aliphatic carbocycles. The number of aliphatic hydroxyl groups excluding tert-OH is 1. The van der Waals surface area contributed by atoms with Crippen LogP contribution in [0.25, 0.3) is 0 Å². The zero-order chi connectivity index (χ0) is 13.0. The zero-order valence-corrected chi connectivity index (χ0v) is 10.9. The van der Waals surface area contributed by atoms with Crippen LogP contribution in [0.5, 0.6) is 0 Å². The van der Waals surface area contributed by atoms with Crippen LogP contribution in [0.3, 0.4) is 0 Å². The molecule has 0 spiro atoms. The molecule has 100 valence electrons. The van der Waals surface area contributed by atoms with Crippen molar-refractivity contribution in [3.8, 4) is 0 Å². The number of benzene rings is 1. The lowest BCUT2D eigenvalue weighted by atomic mass is 10.1. The van der Waals surface area contributed by atoms with Crippen molar-refractivity contribution in [2.45, 2.75) is 38.3 Å². The van der Waals surface area contributed by atoms with Crippen LogP contribution >= 0.6 is 0 Å². The van der Waals surface area contributed by atoms with E-state index in [1.165, 1.54) is 5.56 Å². The third kappa shape index (κ3) is 3.78. The van der Waals surface area contributed by atoms with Gasteiger partial charge in [-0.25, -0.2) is 0 Å². The van der Waals surface area contributed by atoms with E-state index >= 15 is 0 Å². The van der Waals surface area contributed by atoms with E-state index < -0.39 is 11.9 Å². The van der Waals surface area contributed by atoms with Crippen LogP contribution in [0.1, 0.15) is 19.4 Å². The SMILES string of the molecule is CC1(C)OC[C@H](NCc2ccccc2)[C@@H](O)CO1. The van der Waals surface area contributed by atoms with E-state index in [1.807, 2.05) is 32.0 Å². The second-order valence-corrected chi connectivity index (χ2v) is 5.06. The van der Waals surface area contributed by atoms with Crippen molar-refractivity contribution in [2.75, 3.05) is 13.2 Å². The normalized spacial score (nSPS) is 27.7. The summed E-state index contributed by atoms with van der Waals surface area (Å²) in [5, 5.41) is 13.3. The van der Waals surface area contributed by atoms with Gasteiger partial charge in [-0.05, 0) is 19.4 Å². The first-order valence-electron chi connectivity index (χ1n) is 6.30. The van der Waals surface area contributed by atoms with Crippen LogP contribution in [-0.2, 0) is 16.0 Å². The zero-order valence-electron chi connectivity index (χ0n) is 10.9. The van der Waals surface area contributed by atoms with Crippen LogP contribution in [0.15, 0.2) is 30.3 Å². The summed E-state index contributed by atoms with van der Waals surface area (Å²) in [5.74, 6) is -0.621. The smallest absolute Gasteiger partial charge is 0.162 e. The maximum absolute atomic E-state index is 9.99. The molecule has 0 amide bonds. The Hall–Kier alpha value is -0.940. The molecule has 4 heteroatoms. The molecule has 1 saturated heterocycles. The first-order chi connectivity index (χ1) is 8.57. The summed E-state index contributed by atoms with van der Waals surface area (Å²) in [4.78, 5) is 0. The number of aliphatic hydroxyl groups is 1. The van der Waals surface area contributed by atoms with Gasteiger partial charge in [0, 0.05) is 6.54 Å². The van der Waals surface area contributed by atoms with Crippen LogP contribution in [0.4, 0.5) is 0 Å². The molecule has 0 unspecified atom stereocenters. The van der Waals surface area contributed by atoms with Crippen LogP contribution in [0.2, 0.25) is 0 Å². The Labute approximate surface area is 108 Å². The summed E-state index contributed by atoms with van der Waals surface area (Å²) < 4.78 is 11.1. The average Bonchev–Trinajstić information content (AvgIpc) is 2.49. The highest BCUT2D eigenvalue weighted by atomic mass is 16.7. The molecule has 1 aromatic carbocycles. The third-order valence-corrected chi connectivity index (χ3v) is 3.09. The molecule has 0 aromatic heterocycles. The Morgan fingerprint density at radius 3 is 2.61 bits per heavy atom. The number of nitrogens with one attached hydrogen (secondary N) is 1. The Bertz CT molecular complexity index is 367. The quantitative estimate of drug-likeness (QED) is 0.850. The molecule has 1 fully saturated rings. The summed E-state index contributed by atoms with van der Waals surface area (Å²) in [5.41, 5.74) is 1.19. The fraction of sp³-hybridized carbons (Fsp3) is 0.571. The fourth-order valence-corrected chi connectivity index (χ4v) is 1.89. The summed E-state index contributed by atoms with van der Waals surface area (Å²) in [6.07, 6.45) is -0.546. The van der Waals surface area contributed by atoms with Gasteiger partial charge in [0.05, 0.1) is 25.4 Å². The van der Waals surface area contributed by atoms with Crippen molar-refractivity contribution in [1.29, 1.82) is 0 Å². The Balaban J connectivity index is 1.88. The van der Waals surface area contributed by atoms with Gasteiger partial charge in [0.25, 0.3) is 0 Å². The Morgan fingerprint density at radius 1 is 1.22 bits per heavy atom. The molecular formula is C14H21NO3. The second kappa shape index (κ2) is 5.80. The highest BCUT2D eigenvalue weighted by Crippen LogP contribution is 2.17. The summed E-state index contributed by atoms with van der Waals surface area (Å²) in [6, 6.07) is 10.00. The summed E-state index contributed by atoms with van der Waals surface area (Å²) in [7, 11) is 0. The van der Waals surface area contributed by atoms with Crippen LogP contribution in [-0.4, -0.2) is 36.3 Å². The summed E-state index contributed by atoms with van der Waals surface area (Å²) in [6.45, 7) is 5.17. The lowest BCUT2D eigenvalue weighted by Gasteiger charge is -2.23. The van der Waals surface area contributed by atoms with Crippen molar-refractivity contribution < 1.29 is 14.6 Å². The van der Waals surface area contributed by atoms with Crippen molar-refractivity contribution in [1.82, 2.24) is 5.32 Å². The predicted octanol–water partition coefficient (Wildman–Crippen LogP) is 1.29. The van der Waals surface area contributed by atoms with Crippen molar-refractivity contribution >= 4 is 0 Å². The van der Waals surface area contributed by atoms with Gasteiger partial charge in [-0.3, -0.25) is 0 Å². The standard InChI is InChI=1S/C14H21NO3/c1-14(2)17-9-12(13(16)10-18-14)15-8-11-6-4-3-5-7-11/h3-7,12-13,15-16H,8-10H2,1-2H3/t12-,13-/m0/s1. The second-order valence-electron chi connectivity index (χ2n) is 5.06. The van der Waals surface area contributed by atoms with Gasteiger partial charge in [-0.15, -0.1) is 0 Å². The molecule has 18 heavy (non-hydrogen) atoms. The van der Waals surface area contributed by atoms with E-state index in [2.05, 4.69) is 17.4 Å².